The van der Waals surface area contributed by atoms with E-state index in [0.29, 0.717) is 22.9 Å². The normalized spacial score (nSPS) is 10.3. The number of carbonyl (C=O) groups excluding carboxylic acids is 1. The molecule has 0 fully saturated rings. The van der Waals surface area contributed by atoms with E-state index in [0.717, 1.165) is 12.8 Å². The fraction of sp³-hybridized carbons (Fsp3) is 0.533. The van der Waals surface area contributed by atoms with Crippen LogP contribution in [0.1, 0.15) is 26.7 Å². The number of hydrogen-bond acceptors (Lipinski definition) is 4. The van der Waals surface area contributed by atoms with Crippen molar-refractivity contribution in [1.29, 1.82) is 0 Å². The average molecular weight is 281 g/mol. The van der Waals surface area contributed by atoms with Crippen molar-refractivity contribution in [3.8, 4) is 17.2 Å². The van der Waals surface area contributed by atoms with Crippen LogP contribution >= 0.6 is 0 Å². The van der Waals surface area contributed by atoms with Crippen molar-refractivity contribution in [3.63, 3.8) is 0 Å². The number of carbonyl (C=O) groups is 1. The summed E-state index contributed by atoms with van der Waals surface area (Å²) >= 11 is 0. The van der Waals surface area contributed by atoms with Gasteiger partial charge in [0.25, 0.3) is 0 Å². The fourth-order valence-electron chi connectivity index (χ4n) is 2.01. The van der Waals surface area contributed by atoms with Crippen molar-refractivity contribution in [2.45, 2.75) is 26.7 Å². The van der Waals surface area contributed by atoms with Crippen molar-refractivity contribution in [3.05, 3.63) is 12.1 Å². The Bertz CT molecular complexity index is 430. The lowest BCUT2D eigenvalue weighted by atomic mass is 10.0. The molecule has 1 rings (SSSR count). The minimum Gasteiger partial charge on any atom is -0.496 e. The Kier molecular flexibility index (Phi) is 6.15. The van der Waals surface area contributed by atoms with E-state index in [1.165, 1.54) is 0 Å². The molecule has 0 aliphatic carbocycles. The molecular weight excluding hydrogens is 258 g/mol. The van der Waals surface area contributed by atoms with E-state index >= 15 is 0 Å². The maximum atomic E-state index is 12.2. The van der Waals surface area contributed by atoms with Gasteiger partial charge in [-0.05, 0) is 12.8 Å². The second-order valence-electron chi connectivity index (χ2n) is 4.41. The molecule has 0 aliphatic rings. The Morgan fingerprint density at radius 1 is 1.05 bits per heavy atom. The highest BCUT2D eigenvalue weighted by atomic mass is 16.5. The first kappa shape index (κ1) is 16.1. The lowest BCUT2D eigenvalue weighted by Crippen LogP contribution is -2.22. The van der Waals surface area contributed by atoms with Crippen LogP contribution in [0.4, 0.5) is 5.69 Å². The molecule has 0 heterocycles. The van der Waals surface area contributed by atoms with Gasteiger partial charge in [-0.3, -0.25) is 4.79 Å². The van der Waals surface area contributed by atoms with Crippen LogP contribution in [0.3, 0.4) is 0 Å². The number of amides is 1. The Labute approximate surface area is 120 Å². The maximum absolute atomic E-state index is 12.2. The van der Waals surface area contributed by atoms with Crippen LogP contribution in [0.25, 0.3) is 0 Å². The molecular formula is C15H23NO4. The molecule has 0 aromatic heterocycles. The Morgan fingerprint density at radius 3 is 1.90 bits per heavy atom. The Morgan fingerprint density at radius 2 is 1.55 bits per heavy atom. The highest BCUT2D eigenvalue weighted by Crippen LogP contribution is 2.39. The molecule has 1 aromatic rings. The van der Waals surface area contributed by atoms with Gasteiger partial charge in [-0.15, -0.1) is 0 Å². The number of hydrogen-bond donors (Lipinski definition) is 1. The molecule has 0 bridgehead atoms. The molecule has 0 radical (unpaired) electrons. The number of ether oxygens (including phenoxy) is 3. The zero-order chi connectivity index (χ0) is 15.1. The van der Waals surface area contributed by atoms with E-state index in [9.17, 15) is 4.79 Å². The van der Waals surface area contributed by atoms with Gasteiger partial charge in [0, 0.05) is 18.1 Å². The summed E-state index contributed by atoms with van der Waals surface area (Å²) in [7, 11) is 4.65. The molecule has 20 heavy (non-hydrogen) atoms. The smallest absolute Gasteiger partial charge is 0.227 e. The number of nitrogens with one attached hydrogen (secondary N) is 1. The number of benzene rings is 1. The molecule has 112 valence electrons. The van der Waals surface area contributed by atoms with Gasteiger partial charge in [0.15, 0.2) is 0 Å². The lowest BCUT2D eigenvalue weighted by Gasteiger charge is -2.18. The third-order valence-electron chi connectivity index (χ3n) is 3.32. The van der Waals surface area contributed by atoms with Crippen LogP contribution in [-0.4, -0.2) is 27.2 Å². The lowest BCUT2D eigenvalue weighted by molar-refractivity contribution is -0.120. The summed E-state index contributed by atoms with van der Waals surface area (Å²) < 4.78 is 15.8. The summed E-state index contributed by atoms with van der Waals surface area (Å²) in [5.41, 5.74) is 0.535. The number of methoxy groups -OCH3 is 3. The van der Waals surface area contributed by atoms with Crippen molar-refractivity contribution < 1.29 is 19.0 Å². The van der Waals surface area contributed by atoms with E-state index in [4.69, 9.17) is 14.2 Å². The van der Waals surface area contributed by atoms with Gasteiger partial charge in [0.2, 0.25) is 5.91 Å². The minimum atomic E-state index is -0.0308. The molecule has 0 atom stereocenters. The van der Waals surface area contributed by atoms with Gasteiger partial charge in [0.1, 0.15) is 22.9 Å². The van der Waals surface area contributed by atoms with Crippen molar-refractivity contribution >= 4 is 11.6 Å². The summed E-state index contributed by atoms with van der Waals surface area (Å²) in [6, 6.07) is 3.43. The molecule has 1 N–H and O–H groups in total. The van der Waals surface area contributed by atoms with Crippen LogP contribution in [-0.2, 0) is 4.79 Å². The topological polar surface area (TPSA) is 56.8 Å². The number of rotatable bonds is 7. The predicted octanol–water partition coefficient (Wildman–Crippen LogP) is 3.09. The zero-order valence-corrected chi connectivity index (χ0v) is 12.8. The van der Waals surface area contributed by atoms with E-state index in [1.807, 2.05) is 13.8 Å². The number of anilines is 1. The van der Waals surface area contributed by atoms with Crippen LogP contribution in [0.15, 0.2) is 12.1 Å². The highest BCUT2D eigenvalue weighted by molar-refractivity contribution is 5.95. The van der Waals surface area contributed by atoms with Crippen molar-refractivity contribution in [2.24, 2.45) is 5.92 Å². The van der Waals surface area contributed by atoms with Crippen molar-refractivity contribution in [2.75, 3.05) is 26.6 Å². The largest absolute Gasteiger partial charge is 0.496 e. The maximum Gasteiger partial charge on any atom is 0.227 e. The molecule has 0 unspecified atom stereocenters. The van der Waals surface area contributed by atoms with Crippen LogP contribution in [0.5, 0.6) is 17.2 Å². The molecule has 0 saturated heterocycles. The average Bonchev–Trinajstić information content (AvgIpc) is 2.48. The first-order chi connectivity index (χ1) is 9.60. The third-order valence-corrected chi connectivity index (χ3v) is 3.32. The third kappa shape index (κ3) is 3.56. The molecule has 5 heteroatoms. The Balaban J connectivity index is 3.12. The van der Waals surface area contributed by atoms with Crippen LogP contribution < -0.4 is 19.5 Å². The molecule has 0 spiro atoms. The second-order valence-corrected chi connectivity index (χ2v) is 4.41. The standard InChI is InChI=1S/C15H23NO4/c1-6-10(7-2)15(17)16-14-12(19-4)8-11(18-3)9-13(14)20-5/h8-10H,6-7H2,1-5H3,(H,16,17). The summed E-state index contributed by atoms with van der Waals surface area (Å²) in [6.07, 6.45) is 1.59. The van der Waals surface area contributed by atoms with E-state index in [2.05, 4.69) is 5.32 Å². The molecule has 5 nitrogen and oxygen atoms in total. The molecule has 0 saturated carbocycles. The van der Waals surface area contributed by atoms with E-state index in [1.54, 1.807) is 33.5 Å². The minimum absolute atomic E-state index is 0.0217. The second kappa shape index (κ2) is 7.62. The van der Waals surface area contributed by atoms with Crippen molar-refractivity contribution in [1.82, 2.24) is 0 Å². The van der Waals surface area contributed by atoms with Gasteiger partial charge in [-0.1, -0.05) is 13.8 Å². The van der Waals surface area contributed by atoms with Gasteiger partial charge < -0.3 is 19.5 Å². The van der Waals surface area contributed by atoms with Gasteiger partial charge in [-0.25, -0.2) is 0 Å². The van der Waals surface area contributed by atoms with E-state index in [-0.39, 0.29) is 11.8 Å². The molecule has 0 aliphatic heterocycles. The highest BCUT2D eigenvalue weighted by Gasteiger charge is 2.20. The van der Waals surface area contributed by atoms with Gasteiger partial charge in [0.05, 0.1) is 21.3 Å². The SMILES string of the molecule is CCC(CC)C(=O)Nc1c(OC)cc(OC)cc1OC. The first-order valence-corrected chi connectivity index (χ1v) is 6.72. The Hall–Kier alpha value is -1.91. The van der Waals surface area contributed by atoms with E-state index < -0.39 is 0 Å². The quantitative estimate of drug-likeness (QED) is 0.834. The molecule has 1 amide bonds. The first-order valence-electron chi connectivity index (χ1n) is 6.72. The van der Waals surface area contributed by atoms with Crippen LogP contribution in [0, 0.1) is 5.92 Å². The zero-order valence-electron chi connectivity index (χ0n) is 12.8. The summed E-state index contributed by atoms with van der Waals surface area (Å²) in [4.78, 5) is 12.2. The predicted molar refractivity (Wildman–Crippen MR) is 78.8 cm³/mol. The summed E-state index contributed by atoms with van der Waals surface area (Å²) in [6.45, 7) is 3.99. The van der Waals surface area contributed by atoms with Gasteiger partial charge >= 0.3 is 0 Å². The monoisotopic (exact) mass is 281 g/mol. The summed E-state index contributed by atoms with van der Waals surface area (Å²) in [5.74, 6) is 1.59. The molecule has 1 aromatic carbocycles. The van der Waals surface area contributed by atoms with Gasteiger partial charge in [-0.2, -0.15) is 0 Å². The van der Waals surface area contributed by atoms with Crippen LogP contribution in [0.2, 0.25) is 0 Å². The fourth-order valence-corrected chi connectivity index (χ4v) is 2.01. The summed E-state index contributed by atoms with van der Waals surface area (Å²) in [5, 5.41) is 2.89.